The van der Waals surface area contributed by atoms with Crippen LogP contribution >= 0.6 is 0 Å². The number of likely N-dealkylation sites (N-methyl/N-ethyl adjacent to an activating group) is 1. The summed E-state index contributed by atoms with van der Waals surface area (Å²) in [6.07, 6.45) is 0. The molecule has 132 valence electrons. The Kier molecular flexibility index (Phi) is 5.24. The molecule has 5 nitrogen and oxygen atoms in total. The van der Waals surface area contributed by atoms with Crippen molar-refractivity contribution in [2.45, 2.75) is 13.8 Å². The maximum Gasteiger partial charge on any atom is 0.255 e. The van der Waals surface area contributed by atoms with Crippen molar-refractivity contribution in [1.29, 1.82) is 0 Å². The lowest BCUT2D eigenvalue weighted by atomic mass is 10.1. The summed E-state index contributed by atoms with van der Waals surface area (Å²) in [6.45, 7) is 9.29. The minimum absolute atomic E-state index is 0.109. The van der Waals surface area contributed by atoms with Crippen LogP contribution in [0.5, 0.6) is 0 Å². The first kappa shape index (κ1) is 17.3. The van der Waals surface area contributed by atoms with Gasteiger partial charge in [-0.3, -0.25) is 4.79 Å². The van der Waals surface area contributed by atoms with Gasteiger partial charge in [0, 0.05) is 37.4 Å². The van der Waals surface area contributed by atoms with Crippen LogP contribution < -0.4 is 16.0 Å². The lowest BCUT2D eigenvalue weighted by Crippen LogP contribution is -2.46. The van der Waals surface area contributed by atoms with E-state index in [2.05, 4.69) is 22.0 Å². The third kappa shape index (κ3) is 3.94. The highest BCUT2D eigenvalue weighted by atomic mass is 16.1. The molecule has 0 atom stereocenters. The van der Waals surface area contributed by atoms with Gasteiger partial charge in [-0.1, -0.05) is 25.1 Å². The standard InChI is InChI=1S/C20H26N4O/c1-3-23-10-12-24(13-11-23)19-9-8-16(14-18(19)21)22-20(25)17-7-5-4-6-15(17)2/h4-9,14H,3,10-13,21H2,1-2H3,(H,22,25). The Balaban J connectivity index is 1.70. The Labute approximate surface area is 149 Å². The maximum absolute atomic E-state index is 12.4. The first-order valence-corrected chi connectivity index (χ1v) is 8.82. The molecule has 5 heteroatoms. The van der Waals surface area contributed by atoms with E-state index in [0.717, 1.165) is 49.7 Å². The van der Waals surface area contributed by atoms with Gasteiger partial charge < -0.3 is 20.9 Å². The highest BCUT2D eigenvalue weighted by Gasteiger charge is 2.18. The van der Waals surface area contributed by atoms with Crippen LogP contribution in [0, 0.1) is 6.92 Å². The first-order valence-electron chi connectivity index (χ1n) is 8.82. The minimum atomic E-state index is -0.109. The van der Waals surface area contributed by atoms with Gasteiger partial charge in [-0.25, -0.2) is 0 Å². The van der Waals surface area contributed by atoms with E-state index in [9.17, 15) is 4.79 Å². The van der Waals surface area contributed by atoms with Crippen molar-refractivity contribution < 1.29 is 4.79 Å². The zero-order chi connectivity index (χ0) is 17.8. The van der Waals surface area contributed by atoms with Gasteiger partial charge in [0.25, 0.3) is 5.91 Å². The second-order valence-electron chi connectivity index (χ2n) is 6.46. The predicted octanol–water partition coefficient (Wildman–Crippen LogP) is 2.97. The molecule has 0 saturated carbocycles. The predicted molar refractivity (Wildman–Crippen MR) is 104 cm³/mol. The number of rotatable bonds is 4. The number of anilines is 3. The van der Waals surface area contributed by atoms with Gasteiger partial charge in [-0.15, -0.1) is 0 Å². The van der Waals surface area contributed by atoms with E-state index >= 15 is 0 Å². The largest absolute Gasteiger partial charge is 0.397 e. The Morgan fingerprint density at radius 1 is 1.12 bits per heavy atom. The topological polar surface area (TPSA) is 61.6 Å². The number of carbonyl (C=O) groups excluding carboxylic acids is 1. The molecule has 1 aliphatic rings. The summed E-state index contributed by atoms with van der Waals surface area (Å²) in [5.74, 6) is -0.109. The Morgan fingerprint density at radius 3 is 2.48 bits per heavy atom. The van der Waals surface area contributed by atoms with Crippen LogP contribution in [0.15, 0.2) is 42.5 Å². The summed E-state index contributed by atoms with van der Waals surface area (Å²) < 4.78 is 0. The van der Waals surface area contributed by atoms with E-state index in [-0.39, 0.29) is 5.91 Å². The molecule has 1 fully saturated rings. The molecule has 0 aromatic heterocycles. The highest BCUT2D eigenvalue weighted by molar-refractivity contribution is 6.05. The van der Waals surface area contributed by atoms with E-state index in [1.54, 1.807) is 0 Å². The highest BCUT2D eigenvalue weighted by Crippen LogP contribution is 2.28. The summed E-state index contributed by atoms with van der Waals surface area (Å²) in [4.78, 5) is 17.2. The lowest BCUT2D eigenvalue weighted by molar-refractivity contribution is 0.102. The summed E-state index contributed by atoms with van der Waals surface area (Å²) in [5, 5.41) is 2.94. The van der Waals surface area contributed by atoms with Crippen LogP contribution in [0.3, 0.4) is 0 Å². The molecule has 3 N–H and O–H groups in total. The maximum atomic E-state index is 12.4. The number of hydrogen-bond donors (Lipinski definition) is 2. The molecule has 3 rings (SSSR count). The lowest BCUT2D eigenvalue weighted by Gasteiger charge is -2.36. The van der Waals surface area contributed by atoms with Crippen molar-refractivity contribution in [3.63, 3.8) is 0 Å². The Hall–Kier alpha value is -2.53. The quantitative estimate of drug-likeness (QED) is 0.842. The van der Waals surface area contributed by atoms with E-state index in [1.807, 2.05) is 49.4 Å². The van der Waals surface area contributed by atoms with Gasteiger partial charge in [-0.05, 0) is 43.3 Å². The summed E-state index contributed by atoms with van der Waals surface area (Å²) in [6, 6.07) is 13.3. The summed E-state index contributed by atoms with van der Waals surface area (Å²) in [7, 11) is 0. The SMILES string of the molecule is CCN1CCN(c2ccc(NC(=O)c3ccccc3C)cc2N)CC1. The normalized spacial score (nSPS) is 15.2. The molecule has 1 aliphatic heterocycles. The number of amides is 1. The van der Waals surface area contributed by atoms with Crippen molar-refractivity contribution in [2.24, 2.45) is 0 Å². The number of hydrogen-bond acceptors (Lipinski definition) is 4. The van der Waals surface area contributed by atoms with Gasteiger partial charge in [0.1, 0.15) is 0 Å². The van der Waals surface area contributed by atoms with Crippen molar-refractivity contribution in [2.75, 3.05) is 48.7 Å². The fraction of sp³-hybridized carbons (Fsp3) is 0.350. The third-order valence-corrected chi connectivity index (χ3v) is 4.84. The molecule has 0 aliphatic carbocycles. The average Bonchev–Trinajstić information content (AvgIpc) is 2.62. The van der Waals surface area contributed by atoms with Gasteiger partial charge >= 0.3 is 0 Å². The molecule has 1 saturated heterocycles. The molecule has 2 aromatic rings. The van der Waals surface area contributed by atoms with E-state index in [1.165, 1.54) is 0 Å². The van der Waals surface area contributed by atoms with Gasteiger partial charge in [0.2, 0.25) is 0 Å². The molecule has 0 bridgehead atoms. The minimum Gasteiger partial charge on any atom is -0.397 e. The molecule has 0 unspecified atom stereocenters. The number of nitrogens with two attached hydrogens (primary N) is 1. The summed E-state index contributed by atoms with van der Waals surface area (Å²) in [5.41, 5.74) is 10.4. The molecule has 2 aromatic carbocycles. The molecule has 0 radical (unpaired) electrons. The second kappa shape index (κ2) is 7.57. The fourth-order valence-electron chi connectivity index (χ4n) is 3.25. The third-order valence-electron chi connectivity index (χ3n) is 4.84. The second-order valence-corrected chi connectivity index (χ2v) is 6.46. The number of benzene rings is 2. The van der Waals surface area contributed by atoms with Crippen molar-refractivity contribution >= 4 is 23.0 Å². The number of nitrogens with one attached hydrogen (secondary N) is 1. The number of carbonyl (C=O) groups is 1. The van der Waals surface area contributed by atoms with Crippen molar-refractivity contribution in [3.05, 3.63) is 53.6 Å². The first-order chi connectivity index (χ1) is 12.1. The van der Waals surface area contributed by atoms with Crippen LogP contribution in [0.1, 0.15) is 22.8 Å². The number of aryl methyl sites for hydroxylation is 1. The van der Waals surface area contributed by atoms with Crippen LogP contribution in [0.4, 0.5) is 17.1 Å². The zero-order valence-corrected chi connectivity index (χ0v) is 15.0. The fourth-order valence-corrected chi connectivity index (χ4v) is 3.25. The molecule has 1 amide bonds. The van der Waals surface area contributed by atoms with Gasteiger partial charge in [-0.2, -0.15) is 0 Å². The monoisotopic (exact) mass is 338 g/mol. The van der Waals surface area contributed by atoms with E-state index < -0.39 is 0 Å². The molecular formula is C20H26N4O. The zero-order valence-electron chi connectivity index (χ0n) is 15.0. The van der Waals surface area contributed by atoms with Crippen molar-refractivity contribution in [3.8, 4) is 0 Å². The smallest absolute Gasteiger partial charge is 0.255 e. The number of nitrogen functional groups attached to an aromatic ring is 1. The van der Waals surface area contributed by atoms with Crippen LogP contribution in [0.25, 0.3) is 0 Å². The van der Waals surface area contributed by atoms with E-state index in [4.69, 9.17) is 5.73 Å². The molecule has 25 heavy (non-hydrogen) atoms. The average molecular weight is 338 g/mol. The van der Waals surface area contributed by atoms with Crippen LogP contribution in [-0.4, -0.2) is 43.5 Å². The van der Waals surface area contributed by atoms with Gasteiger partial charge in [0.15, 0.2) is 0 Å². The molecule has 0 spiro atoms. The summed E-state index contributed by atoms with van der Waals surface area (Å²) >= 11 is 0. The molecular weight excluding hydrogens is 312 g/mol. The number of piperazine rings is 1. The Bertz CT molecular complexity index is 751. The Morgan fingerprint density at radius 2 is 1.84 bits per heavy atom. The number of nitrogens with zero attached hydrogens (tertiary/aromatic N) is 2. The van der Waals surface area contributed by atoms with Crippen LogP contribution in [0.2, 0.25) is 0 Å². The van der Waals surface area contributed by atoms with E-state index in [0.29, 0.717) is 11.3 Å². The van der Waals surface area contributed by atoms with Crippen LogP contribution in [-0.2, 0) is 0 Å². The van der Waals surface area contributed by atoms with Gasteiger partial charge in [0.05, 0.1) is 11.4 Å². The molecule has 1 heterocycles. The van der Waals surface area contributed by atoms with Crippen molar-refractivity contribution in [1.82, 2.24) is 4.90 Å².